The van der Waals surface area contributed by atoms with Gasteiger partial charge in [0.25, 0.3) is 11.2 Å². The van der Waals surface area contributed by atoms with Crippen molar-refractivity contribution in [2.75, 3.05) is 11.4 Å². The molecule has 8 heteroatoms. The number of fused-ring (bicyclic) bond motifs is 1. The summed E-state index contributed by atoms with van der Waals surface area (Å²) >= 11 is 0. The van der Waals surface area contributed by atoms with Gasteiger partial charge in [0, 0.05) is 30.9 Å². The van der Waals surface area contributed by atoms with Gasteiger partial charge in [-0.3, -0.25) is 19.9 Å². The van der Waals surface area contributed by atoms with E-state index in [1.54, 1.807) is 24.4 Å². The van der Waals surface area contributed by atoms with Crippen molar-refractivity contribution in [1.29, 1.82) is 0 Å². The lowest BCUT2D eigenvalue weighted by Gasteiger charge is -2.35. The molecule has 0 spiro atoms. The summed E-state index contributed by atoms with van der Waals surface area (Å²) in [6.07, 6.45) is 5.97. The van der Waals surface area contributed by atoms with Crippen molar-refractivity contribution in [2.24, 2.45) is 0 Å². The predicted molar refractivity (Wildman–Crippen MR) is 108 cm³/mol. The Hall–Kier alpha value is -3.29. The van der Waals surface area contributed by atoms with Crippen LogP contribution in [0.5, 0.6) is 0 Å². The van der Waals surface area contributed by atoms with Gasteiger partial charge in [0.1, 0.15) is 0 Å². The number of pyridine rings is 1. The quantitative estimate of drug-likeness (QED) is 0.548. The van der Waals surface area contributed by atoms with Gasteiger partial charge in [-0.1, -0.05) is 6.92 Å². The summed E-state index contributed by atoms with van der Waals surface area (Å²) in [5, 5.41) is 11.3. The number of nitro groups is 1. The topological polar surface area (TPSA) is 105 Å². The third-order valence-electron chi connectivity index (χ3n) is 5.35. The monoisotopic (exact) mass is 379 g/mol. The summed E-state index contributed by atoms with van der Waals surface area (Å²) in [6.45, 7) is 3.02. The highest BCUT2D eigenvalue weighted by Gasteiger charge is 2.24. The maximum absolute atomic E-state index is 12.9. The minimum Gasteiger partial charge on any atom is -0.339 e. The second kappa shape index (κ2) is 7.38. The van der Waals surface area contributed by atoms with Gasteiger partial charge in [-0.25, -0.2) is 4.98 Å². The molecule has 1 aromatic carbocycles. The summed E-state index contributed by atoms with van der Waals surface area (Å²) in [4.78, 5) is 37.4. The van der Waals surface area contributed by atoms with Crippen molar-refractivity contribution in [3.8, 4) is 11.1 Å². The van der Waals surface area contributed by atoms with Crippen LogP contribution >= 0.6 is 0 Å². The van der Waals surface area contributed by atoms with E-state index in [9.17, 15) is 14.9 Å². The molecule has 1 aliphatic heterocycles. The molecule has 3 heterocycles. The number of nitrogens with one attached hydrogen (secondary N) is 1. The molecule has 1 saturated heterocycles. The molecule has 8 nitrogen and oxygen atoms in total. The average molecular weight is 379 g/mol. The van der Waals surface area contributed by atoms with Gasteiger partial charge in [-0.05, 0) is 55.0 Å². The number of hydrogen-bond donors (Lipinski definition) is 1. The largest absolute Gasteiger partial charge is 0.339 e. The number of hydrogen-bond acceptors (Lipinski definition) is 6. The fourth-order valence-electron chi connectivity index (χ4n) is 3.89. The highest BCUT2D eigenvalue weighted by molar-refractivity contribution is 5.92. The van der Waals surface area contributed by atoms with E-state index in [1.807, 2.05) is 0 Å². The molecule has 1 fully saturated rings. The van der Waals surface area contributed by atoms with Gasteiger partial charge in [0.2, 0.25) is 5.95 Å². The molecule has 1 N–H and O–H groups in total. The maximum Gasteiger partial charge on any atom is 0.269 e. The second-order valence-corrected chi connectivity index (χ2v) is 7.00. The lowest BCUT2D eigenvalue weighted by atomic mass is 10.0. The number of rotatable bonds is 4. The lowest BCUT2D eigenvalue weighted by Crippen LogP contribution is -2.41. The molecular formula is C20H21N5O3. The van der Waals surface area contributed by atoms with E-state index in [0.29, 0.717) is 34.2 Å². The van der Waals surface area contributed by atoms with Gasteiger partial charge in [0.05, 0.1) is 10.3 Å². The van der Waals surface area contributed by atoms with Gasteiger partial charge >= 0.3 is 0 Å². The Morgan fingerprint density at radius 1 is 1.25 bits per heavy atom. The molecule has 1 unspecified atom stereocenters. The Morgan fingerprint density at radius 2 is 2.04 bits per heavy atom. The van der Waals surface area contributed by atoms with Crippen LogP contribution in [0.3, 0.4) is 0 Å². The highest BCUT2D eigenvalue weighted by atomic mass is 16.6. The number of benzene rings is 1. The Morgan fingerprint density at radius 3 is 2.75 bits per heavy atom. The van der Waals surface area contributed by atoms with Gasteiger partial charge in [0.15, 0.2) is 5.65 Å². The number of non-ortho nitro benzene ring substituents is 1. The molecule has 144 valence electrons. The molecule has 0 aliphatic carbocycles. The van der Waals surface area contributed by atoms with E-state index in [2.05, 4.69) is 26.8 Å². The van der Waals surface area contributed by atoms with Crippen molar-refractivity contribution in [1.82, 2.24) is 15.0 Å². The van der Waals surface area contributed by atoms with Crippen LogP contribution in [0.25, 0.3) is 22.2 Å². The first-order chi connectivity index (χ1) is 13.6. The maximum atomic E-state index is 12.9. The van der Waals surface area contributed by atoms with E-state index in [1.165, 1.54) is 18.6 Å². The second-order valence-electron chi connectivity index (χ2n) is 7.00. The van der Waals surface area contributed by atoms with Crippen LogP contribution in [-0.2, 0) is 0 Å². The molecule has 0 saturated carbocycles. The minimum atomic E-state index is -0.447. The van der Waals surface area contributed by atoms with Crippen molar-refractivity contribution >= 4 is 22.7 Å². The summed E-state index contributed by atoms with van der Waals surface area (Å²) in [5.41, 5.74) is 1.51. The SMILES string of the molecule is CCC1CCCCN1c1nc2nccc(-c3ccc([N+](=O)[O-])cc3)c2c(=O)[nH]1. The molecule has 3 aromatic rings. The number of aromatic amines is 1. The van der Waals surface area contributed by atoms with E-state index in [4.69, 9.17) is 0 Å². The van der Waals surface area contributed by atoms with Crippen LogP contribution in [0.15, 0.2) is 41.3 Å². The molecule has 2 aromatic heterocycles. The molecule has 1 aliphatic rings. The minimum absolute atomic E-state index is 0.00661. The third kappa shape index (κ3) is 3.21. The summed E-state index contributed by atoms with van der Waals surface area (Å²) < 4.78 is 0. The first-order valence-electron chi connectivity index (χ1n) is 9.49. The van der Waals surface area contributed by atoms with E-state index < -0.39 is 4.92 Å². The van der Waals surface area contributed by atoms with E-state index in [-0.39, 0.29) is 11.2 Å². The molecule has 4 rings (SSSR count). The molecule has 0 amide bonds. The van der Waals surface area contributed by atoms with Crippen LogP contribution in [0.1, 0.15) is 32.6 Å². The molecule has 28 heavy (non-hydrogen) atoms. The fourth-order valence-corrected chi connectivity index (χ4v) is 3.89. The van der Waals surface area contributed by atoms with Gasteiger partial charge < -0.3 is 4.90 Å². The smallest absolute Gasteiger partial charge is 0.269 e. The molecule has 1 atom stereocenters. The number of piperidine rings is 1. The summed E-state index contributed by atoms with van der Waals surface area (Å²) in [6, 6.07) is 8.23. The number of nitro benzene ring substituents is 1. The predicted octanol–water partition coefficient (Wildman–Crippen LogP) is 3.66. The van der Waals surface area contributed by atoms with Crippen LogP contribution in [0, 0.1) is 10.1 Å². The standard InChI is InChI=1S/C20H21N5O3/c1-2-14-5-3-4-12-24(14)20-22-18-17(19(26)23-20)16(10-11-21-18)13-6-8-15(9-7-13)25(27)28/h6-11,14H,2-5,12H2,1H3,(H,21,22,23,26). The van der Waals surface area contributed by atoms with Gasteiger partial charge in [-0.2, -0.15) is 4.98 Å². The number of anilines is 1. The number of nitrogens with zero attached hydrogens (tertiary/aromatic N) is 4. The average Bonchev–Trinajstić information content (AvgIpc) is 2.73. The van der Waals surface area contributed by atoms with Crippen LogP contribution in [0.4, 0.5) is 11.6 Å². The first-order valence-corrected chi connectivity index (χ1v) is 9.49. The zero-order valence-corrected chi connectivity index (χ0v) is 15.6. The van der Waals surface area contributed by atoms with Gasteiger partial charge in [-0.15, -0.1) is 0 Å². The number of aromatic nitrogens is 3. The normalized spacial score (nSPS) is 17.0. The van der Waals surface area contributed by atoms with Crippen molar-refractivity contribution in [3.63, 3.8) is 0 Å². The third-order valence-corrected chi connectivity index (χ3v) is 5.35. The Bertz CT molecular complexity index is 1080. The Labute approximate surface area is 161 Å². The Kier molecular flexibility index (Phi) is 4.77. The molecule has 0 radical (unpaired) electrons. The van der Waals surface area contributed by atoms with Crippen molar-refractivity contribution in [3.05, 3.63) is 57.0 Å². The highest BCUT2D eigenvalue weighted by Crippen LogP contribution is 2.28. The number of H-pyrrole nitrogens is 1. The first kappa shape index (κ1) is 18.1. The van der Waals surface area contributed by atoms with E-state index >= 15 is 0 Å². The van der Waals surface area contributed by atoms with Crippen LogP contribution < -0.4 is 10.5 Å². The zero-order chi connectivity index (χ0) is 19.7. The summed E-state index contributed by atoms with van der Waals surface area (Å²) in [5.74, 6) is 0.567. The molecule has 0 bridgehead atoms. The van der Waals surface area contributed by atoms with Crippen LogP contribution in [-0.4, -0.2) is 32.5 Å². The Balaban J connectivity index is 1.80. The van der Waals surface area contributed by atoms with Crippen molar-refractivity contribution in [2.45, 2.75) is 38.6 Å². The lowest BCUT2D eigenvalue weighted by molar-refractivity contribution is -0.384. The summed E-state index contributed by atoms with van der Waals surface area (Å²) in [7, 11) is 0. The van der Waals surface area contributed by atoms with E-state index in [0.717, 1.165) is 25.8 Å². The fraction of sp³-hybridized carbons (Fsp3) is 0.350. The zero-order valence-electron chi connectivity index (χ0n) is 15.6. The van der Waals surface area contributed by atoms with Crippen LogP contribution in [0.2, 0.25) is 0 Å². The molecular weight excluding hydrogens is 358 g/mol. The van der Waals surface area contributed by atoms with Crippen molar-refractivity contribution < 1.29 is 4.92 Å².